The van der Waals surface area contributed by atoms with Gasteiger partial charge in [-0.25, -0.2) is 4.98 Å². The average molecular weight is 297 g/mol. The topological polar surface area (TPSA) is 48.7 Å². The molecule has 104 valence electrons. The van der Waals surface area contributed by atoms with Crippen LogP contribution in [0.25, 0.3) is 0 Å². The zero-order valence-electron chi connectivity index (χ0n) is 10.4. The van der Waals surface area contributed by atoms with Crippen molar-refractivity contribution in [3.8, 4) is 6.07 Å². The van der Waals surface area contributed by atoms with Crippen LogP contribution < -0.4 is 5.32 Å². The molecule has 0 radical (unpaired) electrons. The highest BCUT2D eigenvalue weighted by molar-refractivity contribution is 7.10. The number of hydrogen-bond donors (Lipinski definition) is 1. The van der Waals surface area contributed by atoms with E-state index in [0.717, 1.165) is 17.0 Å². The molecule has 20 heavy (non-hydrogen) atoms. The van der Waals surface area contributed by atoms with Crippen molar-refractivity contribution >= 4 is 17.2 Å². The Labute approximate surface area is 117 Å². The van der Waals surface area contributed by atoms with Crippen molar-refractivity contribution in [1.29, 1.82) is 5.26 Å². The van der Waals surface area contributed by atoms with Crippen LogP contribution in [0.1, 0.15) is 29.1 Å². The maximum absolute atomic E-state index is 12.6. The minimum Gasteiger partial charge on any atom is -0.362 e. The number of pyridine rings is 1. The normalized spacial score (nSPS) is 12.8. The minimum atomic E-state index is -4.53. The third-order valence-corrected chi connectivity index (χ3v) is 3.68. The number of nitrogens with one attached hydrogen (secondary N) is 1. The van der Waals surface area contributed by atoms with Crippen LogP contribution in [0.4, 0.5) is 19.0 Å². The molecule has 2 heterocycles. The number of rotatable bonds is 3. The standard InChI is InChI=1S/C13H10F3N3S/c1-8(10-3-2-6-20-10)18-12-9(7-17)4-5-11(19-12)13(14,15)16/h2-6,8H,1H3,(H,18,19). The average Bonchev–Trinajstić information content (AvgIpc) is 2.91. The van der Waals surface area contributed by atoms with Crippen molar-refractivity contribution in [2.24, 2.45) is 0 Å². The number of alkyl halides is 3. The summed E-state index contributed by atoms with van der Waals surface area (Å²) in [6.07, 6.45) is -4.53. The summed E-state index contributed by atoms with van der Waals surface area (Å²) in [6.45, 7) is 1.80. The molecular weight excluding hydrogens is 287 g/mol. The number of aromatic nitrogens is 1. The van der Waals surface area contributed by atoms with Crippen LogP contribution >= 0.6 is 11.3 Å². The number of anilines is 1. The molecule has 0 fully saturated rings. The van der Waals surface area contributed by atoms with Gasteiger partial charge in [0.1, 0.15) is 17.6 Å². The van der Waals surface area contributed by atoms with E-state index < -0.39 is 11.9 Å². The molecule has 0 spiro atoms. The molecule has 1 N–H and O–H groups in total. The number of nitriles is 1. The molecule has 1 atom stereocenters. The molecule has 0 aliphatic heterocycles. The lowest BCUT2D eigenvalue weighted by Gasteiger charge is -2.15. The lowest BCUT2D eigenvalue weighted by molar-refractivity contribution is -0.141. The maximum atomic E-state index is 12.6. The quantitative estimate of drug-likeness (QED) is 0.923. The van der Waals surface area contributed by atoms with Crippen LogP contribution in [0.5, 0.6) is 0 Å². The number of hydrogen-bond acceptors (Lipinski definition) is 4. The van der Waals surface area contributed by atoms with E-state index in [9.17, 15) is 13.2 Å². The van der Waals surface area contributed by atoms with Crippen molar-refractivity contribution in [2.75, 3.05) is 5.32 Å². The molecule has 0 amide bonds. The molecule has 0 aliphatic carbocycles. The fourth-order valence-corrected chi connectivity index (χ4v) is 2.37. The largest absolute Gasteiger partial charge is 0.433 e. The Bertz CT molecular complexity index is 629. The molecule has 2 rings (SSSR count). The van der Waals surface area contributed by atoms with Crippen molar-refractivity contribution < 1.29 is 13.2 Å². The van der Waals surface area contributed by atoms with Gasteiger partial charge in [-0.05, 0) is 30.5 Å². The summed E-state index contributed by atoms with van der Waals surface area (Å²) in [7, 11) is 0. The van der Waals surface area contributed by atoms with E-state index in [1.165, 1.54) is 11.3 Å². The lowest BCUT2D eigenvalue weighted by Crippen LogP contribution is -2.13. The Hall–Kier alpha value is -2.07. The van der Waals surface area contributed by atoms with Gasteiger partial charge in [0, 0.05) is 4.88 Å². The van der Waals surface area contributed by atoms with E-state index in [1.54, 1.807) is 6.92 Å². The first-order valence-corrected chi connectivity index (χ1v) is 6.58. The summed E-state index contributed by atoms with van der Waals surface area (Å²) in [5.41, 5.74) is -0.932. The maximum Gasteiger partial charge on any atom is 0.433 e. The number of nitrogens with zero attached hydrogens (tertiary/aromatic N) is 2. The van der Waals surface area contributed by atoms with Crippen molar-refractivity contribution in [3.05, 3.63) is 45.8 Å². The van der Waals surface area contributed by atoms with Crippen LogP contribution in [-0.4, -0.2) is 4.98 Å². The highest BCUT2D eigenvalue weighted by atomic mass is 32.1. The van der Waals surface area contributed by atoms with Crippen LogP contribution in [0.15, 0.2) is 29.6 Å². The minimum absolute atomic E-state index is 0.0526. The van der Waals surface area contributed by atoms with Crippen molar-refractivity contribution in [1.82, 2.24) is 4.98 Å². The van der Waals surface area contributed by atoms with Gasteiger partial charge >= 0.3 is 6.18 Å². The van der Waals surface area contributed by atoms with Crippen LogP contribution in [-0.2, 0) is 6.18 Å². The zero-order chi connectivity index (χ0) is 14.8. The molecule has 1 unspecified atom stereocenters. The SMILES string of the molecule is CC(Nc1nc(C(F)(F)F)ccc1C#N)c1cccs1. The summed E-state index contributed by atoms with van der Waals surface area (Å²) < 4.78 is 37.9. The van der Waals surface area contributed by atoms with Gasteiger partial charge in [-0.15, -0.1) is 11.3 Å². The molecule has 2 aromatic rings. The summed E-state index contributed by atoms with van der Waals surface area (Å²) in [5.74, 6) is -0.0526. The first-order valence-electron chi connectivity index (χ1n) is 5.70. The van der Waals surface area contributed by atoms with Gasteiger partial charge in [-0.2, -0.15) is 18.4 Å². The third kappa shape index (κ3) is 3.08. The van der Waals surface area contributed by atoms with E-state index in [2.05, 4.69) is 10.3 Å². The van der Waals surface area contributed by atoms with E-state index >= 15 is 0 Å². The van der Waals surface area contributed by atoms with Crippen LogP contribution in [0, 0.1) is 11.3 Å². The van der Waals surface area contributed by atoms with Gasteiger partial charge in [0.2, 0.25) is 0 Å². The van der Waals surface area contributed by atoms with Crippen molar-refractivity contribution in [3.63, 3.8) is 0 Å². The van der Waals surface area contributed by atoms with E-state index in [4.69, 9.17) is 5.26 Å². The van der Waals surface area contributed by atoms with Crippen LogP contribution in [0.3, 0.4) is 0 Å². The summed E-state index contributed by atoms with van der Waals surface area (Å²) >= 11 is 1.48. The lowest BCUT2D eigenvalue weighted by atomic mass is 10.2. The van der Waals surface area contributed by atoms with Crippen LogP contribution in [0.2, 0.25) is 0 Å². The molecule has 3 nitrogen and oxygen atoms in total. The predicted octanol–water partition coefficient (Wildman–Crippen LogP) is 4.21. The van der Waals surface area contributed by atoms with E-state index in [1.807, 2.05) is 23.6 Å². The highest BCUT2D eigenvalue weighted by Gasteiger charge is 2.33. The molecule has 7 heteroatoms. The van der Waals surface area contributed by atoms with Gasteiger partial charge in [-0.3, -0.25) is 0 Å². The zero-order valence-corrected chi connectivity index (χ0v) is 11.2. The van der Waals surface area contributed by atoms with Gasteiger partial charge < -0.3 is 5.32 Å². The number of thiophene rings is 1. The van der Waals surface area contributed by atoms with E-state index in [0.29, 0.717) is 0 Å². The van der Waals surface area contributed by atoms with E-state index in [-0.39, 0.29) is 17.4 Å². The molecule has 0 bridgehead atoms. The Morgan fingerprint density at radius 1 is 1.35 bits per heavy atom. The molecule has 0 saturated carbocycles. The first-order chi connectivity index (χ1) is 9.41. The second-order valence-electron chi connectivity index (χ2n) is 4.08. The Kier molecular flexibility index (Phi) is 3.95. The van der Waals surface area contributed by atoms with Gasteiger partial charge in [0.05, 0.1) is 11.6 Å². The summed E-state index contributed by atoms with van der Waals surface area (Å²) in [5, 5.41) is 13.7. The Balaban J connectivity index is 2.32. The van der Waals surface area contributed by atoms with Gasteiger partial charge in [-0.1, -0.05) is 6.07 Å². The number of halogens is 3. The second kappa shape index (κ2) is 5.51. The monoisotopic (exact) mass is 297 g/mol. The molecule has 0 saturated heterocycles. The Morgan fingerprint density at radius 2 is 2.10 bits per heavy atom. The molecule has 0 aromatic carbocycles. The smallest absolute Gasteiger partial charge is 0.362 e. The van der Waals surface area contributed by atoms with Crippen molar-refractivity contribution in [2.45, 2.75) is 19.1 Å². The summed E-state index contributed by atoms with van der Waals surface area (Å²) in [4.78, 5) is 4.46. The van der Waals surface area contributed by atoms with Gasteiger partial charge in [0.15, 0.2) is 0 Å². The Morgan fingerprint density at radius 3 is 2.65 bits per heavy atom. The first kappa shape index (κ1) is 14.3. The fourth-order valence-electron chi connectivity index (χ4n) is 1.63. The molecule has 2 aromatic heterocycles. The second-order valence-corrected chi connectivity index (χ2v) is 5.06. The summed E-state index contributed by atoms with van der Waals surface area (Å²) in [6, 6.07) is 7.25. The predicted molar refractivity (Wildman–Crippen MR) is 70.3 cm³/mol. The van der Waals surface area contributed by atoms with Gasteiger partial charge in [0.25, 0.3) is 0 Å². The highest BCUT2D eigenvalue weighted by Crippen LogP contribution is 2.30. The third-order valence-electron chi connectivity index (χ3n) is 2.63. The molecular formula is C13H10F3N3S. The molecule has 0 aliphatic rings. The fraction of sp³-hybridized carbons (Fsp3) is 0.231.